The Morgan fingerprint density at radius 3 is 2.33 bits per heavy atom. The zero-order valence-corrected chi connectivity index (χ0v) is 12.4. The van der Waals surface area contributed by atoms with E-state index in [-0.39, 0.29) is 47.1 Å². The molecule has 6 nitrogen and oxygen atoms in total. The molecular weight excluding hydrogens is 269 g/mol. The predicted octanol–water partition coefficient (Wildman–Crippen LogP) is -2.33. The van der Waals surface area contributed by atoms with Crippen LogP contribution in [-0.2, 0) is 10.1 Å². The maximum absolute atomic E-state index is 10.9. The van der Waals surface area contributed by atoms with E-state index in [9.17, 15) is 13.5 Å². The summed E-state index contributed by atoms with van der Waals surface area (Å²) < 4.78 is 30.8. The van der Waals surface area contributed by atoms with Crippen LogP contribution in [0.1, 0.15) is 1.43 Å². The number of hydrogen-bond donors (Lipinski definition) is 3. The van der Waals surface area contributed by atoms with E-state index in [0.29, 0.717) is 16.5 Å². The van der Waals surface area contributed by atoms with Gasteiger partial charge in [-0.15, -0.1) is 0 Å². The zero-order valence-electron chi connectivity index (χ0n) is 10.6. The number of phenolic OH excluding ortho intramolecular Hbond substituents is 1. The monoisotopic (exact) mass is 281 g/mol. The summed E-state index contributed by atoms with van der Waals surface area (Å²) in [5.41, 5.74) is 5.98. The molecule has 0 radical (unpaired) electrons. The van der Waals surface area contributed by atoms with Gasteiger partial charge in [0.2, 0.25) is 0 Å². The molecule has 0 aliphatic heterocycles. The molecule has 0 fully saturated rings. The van der Waals surface area contributed by atoms with Crippen molar-refractivity contribution in [2.24, 2.45) is 0 Å². The molecule has 0 aliphatic carbocycles. The van der Waals surface area contributed by atoms with Gasteiger partial charge >= 0.3 is 29.6 Å². The quantitative estimate of drug-likeness (QED) is 0.306. The van der Waals surface area contributed by atoms with Crippen LogP contribution < -0.4 is 35.3 Å². The first-order valence-electron chi connectivity index (χ1n) is 4.38. The van der Waals surface area contributed by atoms with Crippen LogP contribution in [0.25, 0.3) is 10.8 Å². The van der Waals surface area contributed by atoms with Crippen LogP contribution in [-0.4, -0.2) is 23.6 Å². The molecule has 18 heavy (non-hydrogen) atoms. The molecule has 2 rings (SSSR count). The molecule has 0 spiro atoms. The Labute approximate surface area is 127 Å². The van der Waals surface area contributed by atoms with Crippen LogP contribution in [0.15, 0.2) is 35.2 Å². The molecule has 0 heterocycles. The van der Waals surface area contributed by atoms with Crippen molar-refractivity contribution in [3.63, 3.8) is 0 Å². The summed E-state index contributed by atoms with van der Waals surface area (Å²) in [6.45, 7) is 0. The van der Waals surface area contributed by atoms with Gasteiger partial charge < -0.3 is 17.7 Å². The van der Waals surface area contributed by atoms with Gasteiger partial charge in [-0.3, -0.25) is 4.55 Å². The van der Waals surface area contributed by atoms with E-state index in [0.717, 1.165) is 6.07 Å². The first-order valence-corrected chi connectivity index (χ1v) is 5.82. The van der Waals surface area contributed by atoms with E-state index in [4.69, 9.17) is 10.3 Å². The number of fused-ring (bicyclic) bond motifs is 1. The number of hydrogen-bond acceptors (Lipinski definition) is 4. The number of rotatable bonds is 1. The van der Waals surface area contributed by atoms with Gasteiger partial charge in [0.15, 0.2) is 0 Å². The first-order chi connectivity index (χ1) is 7.39. The third-order valence-electron chi connectivity index (χ3n) is 2.28. The second-order valence-electron chi connectivity index (χ2n) is 3.36. The number of phenols is 1. The maximum atomic E-state index is 10.9. The van der Waals surface area contributed by atoms with Crippen molar-refractivity contribution >= 4 is 26.6 Å². The van der Waals surface area contributed by atoms with Crippen molar-refractivity contribution in [1.82, 2.24) is 0 Å². The molecule has 0 aliphatic rings. The summed E-state index contributed by atoms with van der Waals surface area (Å²) >= 11 is 0. The minimum Gasteiger partial charge on any atom is -1.00 e. The first kappa shape index (κ1) is 17.2. The van der Waals surface area contributed by atoms with Crippen molar-refractivity contribution in [2.75, 3.05) is 5.73 Å². The van der Waals surface area contributed by atoms with Crippen LogP contribution in [0.2, 0.25) is 0 Å². The number of anilines is 1. The third kappa shape index (κ3) is 3.14. The minimum absolute atomic E-state index is 0. The molecular formula is C10H12NNaO5S. The average Bonchev–Trinajstić information content (AvgIpc) is 2.18. The van der Waals surface area contributed by atoms with Crippen molar-refractivity contribution in [2.45, 2.75) is 4.90 Å². The fraction of sp³-hybridized carbons (Fsp3) is 0. The van der Waals surface area contributed by atoms with Gasteiger partial charge in [-0.1, -0.05) is 12.1 Å². The molecule has 94 valence electrons. The standard InChI is InChI=1S/C10H9NO4S.Na.H2O.H/c11-9-3-1-2-7-8(9)4-6(5-10(7)12)16(13,14)15;;;/h1-5,12H,11H2,(H,13,14,15);;1H2;/q;+1;;-1. The summed E-state index contributed by atoms with van der Waals surface area (Å²) in [6, 6.07) is 7.03. The van der Waals surface area contributed by atoms with E-state index < -0.39 is 10.1 Å². The normalized spacial score (nSPS) is 10.5. The number of nitrogens with two attached hydrogens (primary N) is 1. The largest absolute Gasteiger partial charge is 1.00 e. The molecule has 0 unspecified atom stereocenters. The fourth-order valence-corrected chi connectivity index (χ4v) is 2.04. The van der Waals surface area contributed by atoms with E-state index in [2.05, 4.69) is 0 Å². The van der Waals surface area contributed by atoms with Gasteiger partial charge in [-0.2, -0.15) is 8.42 Å². The summed E-state index contributed by atoms with van der Waals surface area (Å²) in [5.74, 6) is -0.238. The molecule has 0 bridgehead atoms. The second-order valence-corrected chi connectivity index (χ2v) is 4.78. The summed E-state index contributed by atoms with van der Waals surface area (Å²) in [6.07, 6.45) is 0. The van der Waals surface area contributed by atoms with Gasteiger partial charge in [0.25, 0.3) is 10.1 Å². The Kier molecular flexibility index (Phi) is 5.60. The topological polar surface area (TPSA) is 132 Å². The van der Waals surface area contributed by atoms with Crippen molar-refractivity contribution < 1.29 is 54.5 Å². The van der Waals surface area contributed by atoms with Gasteiger partial charge in [0, 0.05) is 22.5 Å². The van der Waals surface area contributed by atoms with E-state index in [1.807, 2.05) is 0 Å². The third-order valence-corrected chi connectivity index (χ3v) is 3.11. The Morgan fingerprint density at radius 2 is 1.78 bits per heavy atom. The van der Waals surface area contributed by atoms with Crippen LogP contribution in [0.3, 0.4) is 0 Å². The Hall–Kier alpha value is -0.830. The molecule has 0 amide bonds. The summed E-state index contributed by atoms with van der Waals surface area (Å²) in [7, 11) is -4.35. The van der Waals surface area contributed by atoms with Crippen LogP contribution in [0.5, 0.6) is 5.75 Å². The van der Waals surface area contributed by atoms with Crippen LogP contribution >= 0.6 is 0 Å². The average molecular weight is 281 g/mol. The van der Waals surface area contributed by atoms with E-state index >= 15 is 0 Å². The molecule has 0 aromatic heterocycles. The second kappa shape index (κ2) is 5.87. The maximum Gasteiger partial charge on any atom is 1.00 e. The van der Waals surface area contributed by atoms with E-state index in [1.165, 1.54) is 6.07 Å². The summed E-state index contributed by atoms with van der Waals surface area (Å²) in [4.78, 5) is -0.379. The molecule has 0 saturated heterocycles. The van der Waals surface area contributed by atoms with Crippen LogP contribution in [0, 0.1) is 0 Å². The molecule has 0 atom stereocenters. The molecule has 8 heteroatoms. The van der Waals surface area contributed by atoms with Gasteiger partial charge in [-0.05, 0) is 12.1 Å². The smallest absolute Gasteiger partial charge is 1.00 e. The van der Waals surface area contributed by atoms with Gasteiger partial charge in [0.1, 0.15) is 5.75 Å². The van der Waals surface area contributed by atoms with Gasteiger partial charge in [0.05, 0.1) is 4.90 Å². The number of nitrogen functional groups attached to an aromatic ring is 1. The molecule has 2 aromatic rings. The fourth-order valence-electron chi connectivity index (χ4n) is 1.51. The Morgan fingerprint density at radius 1 is 1.17 bits per heavy atom. The van der Waals surface area contributed by atoms with Crippen molar-refractivity contribution in [3.8, 4) is 5.75 Å². The Balaban J connectivity index is 0. The Bertz CT molecular complexity index is 677. The van der Waals surface area contributed by atoms with E-state index in [1.54, 1.807) is 18.2 Å². The SMILES string of the molecule is Nc1cccc2c(O)cc(S(=O)(=O)O)cc12.O.[H-].[Na+]. The minimum atomic E-state index is -4.35. The molecule has 6 N–H and O–H groups in total. The van der Waals surface area contributed by atoms with Crippen molar-refractivity contribution in [1.29, 1.82) is 0 Å². The zero-order chi connectivity index (χ0) is 11.9. The predicted molar refractivity (Wildman–Crippen MR) is 64.6 cm³/mol. The molecule has 2 aromatic carbocycles. The van der Waals surface area contributed by atoms with Crippen LogP contribution in [0.4, 0.5) is 5.69 Å². The summed E-state index contributed by atoms with van der Waals surface area (Å²) in [5, 5.41) is 10.4. The van der Waals surface area contributed by atoms with Gasteiger partial charge in [-0.25, -0.2) is 0 Å². The molecule has 0 saturated carbocycles. The number of benzene rings is 2. The number of aromatic hydroxyl groups is 1. The van der Waals surface area contributed by atoms with Crippen molar-refractivity contribution in [3.05, 3.63) is 30.3 Å².